The maximum atomic E-state index is 12.2. The van der Waals surface area contributed by atoms with E-state index in [9.17, 15) is 9.90 Å². The maximum Gasteiger partial charge on any atom is 0.228 e. The molecule has 2 heterocycles. The summed E-state index contributed by atoms with van der Waals surface area (Å²) in [6, 6.07) is 8.09. The van der Waals surface area contributed by atoms with Crippen LogP contribution in [0.1, 0.15) is 11.5 Å². The van der Waals surface area contributed by atoms with E-state index in [0.717, 1.165) is 17.9 Å². The van der Waals surface area contributed by atoms with Gasteiger partial charge in [0.2, 0.25) is 5.91 Å². The molecule has 1 aromatic carbocycles. The minimum Gasteiger partial charge on any atom is -0.391 e. The summed E-state index contributed by atoms with van der Waals surface area (Å²) >= 11 is 1.74. The van der Waals surface area contributed by atoms with Crippen LogP contribution in [0.3, 0.4) is 0 Å². The number of β-amino-alcohol motifs (C(OH)–C–C–N with tert-alkyl or cyclic N) is 1. The Kier molecular flexibility index (Phi) is 3.77. The van der Waals surface area contributed by atoms with Gasteiger partial charge in [-0.25, -0.2) is 0 Å². The molecule has 3 unspecified atom stereocenters. The second-order valence-electron chi connectivity index (χ2n) is 5.13. The topological polar surface area (TPSA) is 61.4 Å². The summed E-state index contributed by atoms with van der Waals surface area (Å²) in [7, 11) is 0. The van der Waals surface area contributed by atoms with E-state index in [4.69, 9.17) is 0 Å². The lowest BCUT2D eigenvalue weighted by Gasteiger charge is -2.16. The zero-order valence-electron chi connectivity index (χ0n) is 10.6. The van der Waals surface area contributed by atoms with Crippen LogP contribution in [0.25, 0.3) is 0 Å². The van der Waals surface area contributed by atoms with E-state index in [1.165, 1.54) is 4.90 Å². The SMILES string of the molecule is O=C(NCC1CNCC1O)C1CSc2ccccc21. The van der Waals surface area contributed by atoms with Gasteiger partial charge < -0.3 is 15.7 Å². The average Bonchev–Trinajstić information content (AvgIpc) is 3.02. The van der Waals surface area contributed by atoms with Crippen molar-refractivity contribution in [2.45, 2.75) is 16.9 Å². The number of benzene rings is 1. The summed E-state index contributed by atoms with van der Waals surface area (Å²) in [6.45, 7) is 1.95. The summed E-state index contributed by atoms with van der Waals surface area (Å²) in [6.07, 6.45) is -0.342. The van der Waals surface area contributed by atoms with Gasteiger partial charge in [0.15, 0.2) is 0 Å². The molecular weight excluding hydrogens is 260 g/mol. The van der Waals surface area contributed by atoms with E-state index in [0.29, 0.717) is 13.1 Å². The molecule has 0 bridgehead atoms. The maximum absolute atomic E-state index is 12.2. The zero-order valence-corrected chi connectivity index (χ0v) is 11.5. The Hall–Kier alpha value is -1.04. The molecular formula is C14H18N2O2S. The second kappa shape index (κ2) is 5.53. The van der Waals surface area contributed by atoms with Crippen molar-refractivity contribution in [3.05, 3.63) is 29.8 Å². The van der Waals surface area contributed by atoms with E-state index in [-0.39, 0.29) is 23.8 Å². The lowest BCUT2D eigenvalue weighted by atomic mass is 10.00. The first kappa shape index (κ1) is 13.0. The van der Waals surface area contributed by atoms with Crippen LogP contribution in [-0.4, -0.2) is 42.5 Å². The molecule has 19 heavy (non-hydrogen) atoms. The van der Waals surface area contributed by atoms with Crippen LogP contribution in [0.5, 0.6) is 0 Å². The van der Waals surface area contributed by atoms with E-state index >= 15 is 0 Å². The zero-order chi connectivity index (χ0) is 13.2. The third-order valence-corrected chi connectivity index (χ3v) is 5.04. The van der Waals surface area contributed by atoms with Gasteiger partial charge >= 0.3 is 0 Å². The van der Waals surface area contributed by atoms with Crippen LogP contribution in [0.2, 0.25) is 0 Å². The van der Waals surface area contributed by atoms with Crippen LogP contribution >= 0.6 is 11.8 Å². The van der Waals surface area contributed by atoms with Gasteiger partial charge in [-0.1, -0.05) is 18.2 Å². The number of nitrogens with one attached hydrogen (secondary N) is 2. The Labute approximate surface area is 117 Å². The molecule has 3 rings (SSSR count). The van der Waals surface area contributed by atoms with Crippen LogP contribution in [0.15, 0.2) is 29.2 Å². The average molecular weight is 278 g/mol. The molecule has 0 aliphatic carbocycles. The number of amides is 1. The number of carbonyl (C=O) groups excluding carboxylic acids is 1. The fourth-order valence-corrected chi connectivity index (χ4v) is 3.89. The molecule has 1 saturated heterocycles. The number of fused-ring (bicyclic) bond motifs is 1. The van der Waals surface area contributed by atoms with Crippen LogP contribution in [0, 0.1) is 5.92 Å². The van der Waals surface area contributed by atoms with Crippen molar-refractivity contribution in [3.8, 4) is 0 Å². The third kappa shape index (κ3) is 2.63. The molecule has 2 aliphatic heterocycles. The molecule has 0 spiro atoms. The van der Waals surface area contributed by atoms with E-state index in [1.54, 1.807) is 11.8 Å². The van der Waals surface area contributed by atoms with Gasteiger partial charge in [0.05, 0.1) is 12.0 Å². The summed E-state index contributed by atoms with van der Waals surface area (Å²) in [5.74, 6) is 0.980. The molecule has 0 saturated carbocycles. The monoisotopic (exact) mass is 278 g/mol. The van der Waals surface area contributed by atoms with Crippen molar-refractivity contribution in [2.24, 2.45) is 5.92 Å². The highest BCUT2D eigenvalue weighted by molar-refractivity contribution is 7.99. The number of carbonyl (C=O) groups is 1. The van der Waals surface area contributed by atoms with Gasteiger partial charge in [0.1, 0.15) is 0 Å². The Balaban J connectivity index is 1.60. The predicted molar refractivity (Wildman–Crippen MR) is 75.3 cm³/mol. The highest BCUT2D eigenvalue weighted by Gasteiger charge is 2.30. The molecule has 2 aliphatic rings. The Bertz CT molecular complexity index is 480. The number of hydrogen-bond acceptors (Lipinski definition) is 4. The molecule has 1 aromatic rings. The quantitative estimate of drug-likeness (QED) is 0.756. The Morgan fingerprint density at radius 3 is 3.05 bits per heavy atom. The molecule has 102 valence electrons. The Morgan fingerprint density at radius 2 is 2.26 bits per heavy atom. The minimum atomic E-state index is -0.342. The number of aliphatic hydroxyl groups is 1. The van der Waals surface area contributed by atoms with Crippen molar-refractivity contribution >= 4 is 17.7 Å². The molecule has 3 atom stereocenters. The van der Waals surface area contributed by atoms with E-state index in [1.807, 2.05) is 18.2 Å². The highest BCUT2D eigenvalue weighted by Crippen LogP contribution is 2.39. The summed E-state index contributed by atoms with van der Waals surface area (Å²) in [5, 5.41) is 15.8. The van der Waals surface area contributed by atoms with Gasteiger partial charge in [-0.05, 0) is 11.6 Å². The predicted octanol–water partition coefficient (Wildman–Crippen LogP) is 0.572. The van der Waals surface area contributed by atoms with Crippen molar-refractivity contribution in [2.75, 3.05) is 25.4 Å². The number of aliphatic hydroxyl groups excluding tert-OH is 1. The van der Waals surface area contributed by atoms with Gasteiger partial charge in [-0.15, -0.1) is 11.8 Å². The Morgan fingerprint density at radius 1 is 1.42 bits per heavy atom. The second-order valence-corrected chi connectivity index (χ2v) is 6.19. The van der Waals surface area contributed by atoms with Crippen molar-refractivity contribution < 1.29 is 9.90 Å². The number of rotatable bonds is 3. The van der Waals surface area contributed by atoms with Crippen LogP contribution in [-0.2, 0) is 4.79 Å². The molecule has 0 radical (unpaired) electrons. The molecule has 1 fully saturated rings. The largest absolute Gasteiger partial charge is 0.391 e. The van der Waals surface area contributed by atoms with Gasteiger partial charge in [-0.2, -0.15) is 0 Å². The summed E-state index contributed by atoms with van der Waals surface area (Å²) in [4.78, 5) is 13.5. The molecule has 1 amide bonds. The van der Waals surface area contributed by atoms with E-state index in [2.05, 4.69) is 16.7 Å². The van der Waals surface area contributed by atoms with Gasteiger partial charge in [-0.3, -0.25) is 4.79 Å². The lowest BCUT2D eigenvalue weighted by molar-refractivity contribution is -0.122. The van der Waals surface area contributed by atoms with Crippen molar-refractivity contribution in [1.29, 1.82) is 0 Å². The van der Waals surface area contributed by atoms with Crippen molar-refractivity contribution in [1.82, 2.24) is 10.6 Å². The summed E-state index contributed by atoms with van der Waals surface area (Å²) in [5.41, 5.74) is 1.13. The molecule has 3 N–H and O–H groups in total. The van der Waals surface area contributed by atoms with Crippen LogP contribution < -0.4 is 10.6 Å². The number of hydrogen-bond donors (Lipinski definition) is 3. The molecule has 4 nitrogen and oxygen atoms in total. The van der Waals surface area contributed by atoms with Gasteiger partial charge in [0, 0.05) is 36.2 Å². The van der Waals surface area contributed by atoms with E-state index < -0.39 is 0 Å². The third-order valence-electron chi connectivity index (χ3n) is 3.86. The standard InChI is InChI=1S/C14H18N2O2S/c17-12-7-15-5-9(12)6-16-14(18)11-8-19-13-4-2-1-3-10(11)13/h1-4,9,11-12,15,17H,5-8H2,(H,16,18). The summed E-state index contributed by atoms with van der Waals surface area (Å²) < 4.78 is 0. The fraction of sp³-hybridized carbons (Fsp3) is 0.500. The number of thioether (sulfide) groups is 1. The highest BCUT2D eigenvalue weighted by atomic mass is 32.2. The first-order chi connectivity index (χ1) is 9.25. The minimum absolute atomic E-state index is 0.0484. The van der Waals surface area contributed by atoms with Crippen LogP contribution in [0.4, 0.5) is 0 Å². The first-order valence-electron chi connectivity index (χ1n) is 6.64. The van der Waals surface area contributed by atoms with Gasteiger partial charge in [0.25, 0.3) is 0 Å². The van der Waals surface area contributed by atoms with Crippen molar-refractivity contribution in [3.63, 3.8) is 0 Å². The molecule has 0 aromatic heterocycles. The first-order valence-corrected chi connectivity index (χ1v) is 7.62. The smallest absolute Gasteiger partial charge is 0.228 e. The lowest BCUT2D eigenvalue weighted by Crippen LogP contribution is -2.37. The normalized spacial score (nSPS) is 29.2. The fourth-order valence-electron chi connectivity index (χ4n) is 2.66. The molecule has 5 heteroatoms.